The highest BCUT2D eigenvalue weighted by Crippen LogP contribution is 2.38. The Balaban J connectivity index is 1.92. The SMILES string of the molecule is Cc1nn(CC2CCC(F)(F)CC2)c(C(=O)Nc2ccnc(C(=O)O)c2)c1C(F)(F)F. The van der Waals surface area contributed by atoms with Crippen LogP contribution in [0.4, 0.5) is 27.6 Å². The highest BCUT2D eigenvalue weighted by atomic mass is 19.4. The first-order valence-electron chi connectivity index (χ1n) is 9.40. The van der Waals surface area contributed by atoms with Gasteiger partial charge in [-0.25, -0.2) is 18.6 Å². The number of amides is 1. The molecule has 0 spiro atoms. The van der Waals surface area contributed by atoms with E-state index in [2.05, 4.69) is 15.4 Å². The first-order valence-corrected chi connectivity index (χ1v) is 9.40. The molecule has 0 aliphatic heterocycles. The van der Waals surface area contributed by atoms with Crippen molar-refractivity contribution in [1.29, 1.82) is 0 Å². The van der Waals surface area contributed by atoms with E-state index < -0.39 is 46.6 Å². The predicted octanol–water partition coefficient (Wildman–Crippen LogP) is 4.38. The molecule has 1 aliphatic carbocycles. The molecule has 1 fully saturated rings. The predicted molar refractivity (Wildman–Crippen MR) is 98.0 cm³/mol. The Morgan fingerprint density at radius 1 is 1.29 bits per heavy atom. The van der Waals surface area contributed by atoms with E-state index in [1.54, 1.807) is 0 Å². The van der Waals surface area contributed by atoms with Crippen molar-refractivity contribution < 1.29 is 36.6 Å². The lowest BCUT2D eigenvalue weighted by Gasteiger charge is -2.28. The third-order valence-electron chi connectivity index (χ3n) is 5.13. The Morgan fingerprint density at radius 2 is 1.94 bits per heavy atom. The maximum Gasteiger partial charge on any atom is 0.420 e. The first kappa shape index (κ1) is 22.6. The number of rotatable bonds is 5. The van der Waals surface area contributed by atoms with Crippen molar-refractivity contribution >= 4 is 17.6 Å². The highest BCUT2D eigenvalue weighted by molar-refractivity contribution is 6.04. The van der Waals surface area contributed by atoms with Crippen LogP contribution in [0.2, 0.25) is 0 Å². The largest absolute Gasteiger partial charge is 0.477 e. The summed E-state index contributed by atoms with van der Waals surface area (Å²) in [5.74, 6) is -5.67. The molecule has 2 aromatic rings. The zero-order valence-electron chi connectivity index (χ0n) is 16.3. The van der Waals surface area contributed by atoms with Crippen LogP contribution >= 0.6 is 0 Å². The highest BCUT2D eigenvalue weighted by Gasteiger charge is 2.42. The Labute approximate surface area is 173 Å². The number of carbonyl (C=O) groups excluding carboxylic acids is 1. The molecule has 1 amide bonds. The van der Waals surface area contributed by atoms with Gasteiger partial charge in [0.25, 0.3) is 5.91 Å². The van der Waals surface area contributed by atoms with Crippen LogP contribution in [-0.2, 0) is 12.7 Å². The van der Waals surface area contributed by atoms with Gasteiger partial charge in [0.15, 0.2) is 0 Å². The molecule has 0 radical (unpaired) electrons. The number of carboxylic acid groups (broad SMARTS) is 1. The third-order valence-corrected chi connectivity index (χ3v) is 5.13. The second kappa shape index (κ2) is 8.23. The number of alkyl halides is 5. The number of nitrogens with zero attached hydrogens (tertiary/aromatic N) is 3. The molecule has 3 rings (SSSR count). The lowest BCUT2D eigenvalue weighted by Crippen LogP contribution is -2.29. The van der Waals surface area contributed by atoms with Crippen molar-refractivity contribution in [2.24, 2.45) is 5.92 Å². The maximum absolute atomic E-state index is 13.7. The van der Waals surface area contributed by atoms with Crippen LogP contribution in [0.5, 0.6) is 0 Å². The number of hydrogen-bond acceptors (Lipinski definition) is 4. The lowest BCUT2D eigenvalue weighted by atomic mass is 9.87. The summed E-state index contributed by atoms with van der Waals surface area (Å²) in [6.07, 6.45) is -4.34. The second-order valence-electron chi connectivity index (χ2n) is 7.48. The van der Waals surface area contributed by atoms with Crippen LogP contribution < -0.4 is 5.32 Å². The normalized spacial score (nSPS) is 16.8. The molecular formula is C19H19F5N4O3. The van der Waals surface area contributed by atoms with Gasteiger partial charge in [-0.1, -0.05) is 0 Å². The van der Waals surface area contributed by atoms with Crippen LogP contribution in [0.1, 0.15) is 57.9 Å². The molecule has 12 heteroatoms. The van der Waals surface area contributed by atoms with Crippen molar-refractivity contribution in [3.8, 4) is 0 Å². The monoisotopic (exact) mass is 446 g/mol. The van der Waals surface area contributed by atoms with Crippen LogP contribution in [0.15, 0.2) is 18.3 Å². The number of pyridine rings is 1. The van der Waals surface area contributed by atoms with Gasteiger partial charge in [-0.3, -0.25) is 9.48 Å². The summed E-state index contributed by atoms with van der Waals surface area (Å²) in [6, 6.07) is 2.23. The fourth-order valence-electron chi connectivity index (χ4n) is 3.63. The second-order valence-corrected chi connectivity index (χ2v) is 7.48. The van der Waals surface area contributed by atoms with Gasteiger partial charge in [0.2, 0.25) is 5.92 Å². The zero-order valence-corrected chi connectivity index (χ0v) is 16.3. The van der Waals surface area contributed by atoms with Crippen LogP contribution in [0, 0.1) is 12.8 Å². The topological polar surface area (TPSA) is 97.1 Å². The van der Waals surface area contributed by atoms with E-state index in [1.807, 2.05) is 0 Å². The van der Waals surface area contributed by atoms with Crippen LogP contribution in [0.25, 0.3) is 0 Å². The van der Waals surface area contributed by atoms with Crippen molar-refractivity contribution in [1.82, 2.24) is 14.8 Å². The summed E-state index contributed by atoms with van der Waals surface area (Å²) in [4.78, 5) is 27.4. The van der Waals surface area contributed by atoms with Crippen LogP contribution in [0.3, 0.4) is 0 Å². The molecule has 0 unspecified atom stereocenters. The van der Waals surface area contributed by atoms with Gasteiger partial charge in [0, 0.05) is 31.3 Å². The zero-order chi connectivity index (χ0) is 23.0. The minimum Gasteiger partial charge on any atom is -0.477 e. The molecule has 31 heavy (non-hydrogen) atoms. The van der Waals surface area contributed by atoms with Crippen molar-refractivity contribution in [2.75, 3.05) is 5.32 Å². The summed E-state index contributed by atoms with van der Waals surface area (Å²) in [5.41, 5.74) is -2.86. The minimum atomic E-state index is -4.88. The summed E-state index contributed by atoms with van der Waals surface area (Å²) in [6.45, 7) is 0.993. The van der Waals surface area contributed by atoms with E-state index in [0.717, 1.165) is 23.9 Å². The summed E-state index contributed by atoms with van der Waals surface area (Å²) >= 11 is 0. The van der Waals surface area contributed by atoms with E-state index >= 15 is 0 Å². The van der Waals surface area contributed by atoms with Crippen molar-refractivity contribution in [3.05, 3.63) is 41.0 Å². The van der Waals surface area contributed by atoms with Gasteiger partial charge < -0.3 is 10.4 Å². The number of hydrogen-bond donors (Lipinski definition) is 2. The van der Waals surface area contributed by atoms with Crippen molar-refractivity contribution in [2.45, 2.75) is 51.3 Å². The number of aromatic carboxylic acids is 1. The molecule has 0 saturated heterocycles. The molecule has 1 aliphatic rings. The van der Waals surface area contributed by atoms with Gasteiger partial charge in [-0.2, -0.15) is 18.3 Å². The number of carbonyl (C=O) groups is 2. The standard InChI is InChI=1S/C19H19F5N4O3/c1-10-14(19(22,23)24)15(16(29)26-12-4-7-25-13(8-12)17(30)31)28(27-10)9-11-2-5-18(20,21)6-3-11/h4,7-8,11H,2-3,5-6,9H2,1H3,(H,30,31)(H,25,26,29). The molecule has 1 saturated carbocycles. The van der Waals surface area contributed by atoms with Gasteiger partial charge in [-0.15, -0.1) is 0 Å². The molecule has 7 nitrogen and oxygen atoms in total. The Kier molecular flexibility index (Phi) is 6.01. The number of aryl methyl sites for hydroxylation is 1. The molecule has 2 heterocycles. The van der Waals surface area contributed by atoms with E-state index in [9.17, 15) is 31.5 Å². The number of anilines is 1. The molecule has 168 valence electrons. The van der Waals surface area contributed by atoms with E-state index in [1.165, 1.54) is 6.07 Å². The fourth-order valence-corrected chi connectivity index (χ4v) is 3.63. The number of carboxylic acids is 1. The average Bonchev–Trinajstić information content (AvgIpc) is 3.00. The van der Waals surface area contributed by atoms with Crippen molar-refractivity contribution in [3.63, 3.8) is 0 Å². The van der Waals surface area contributed by atoms with Gasteiger partial charge >= 0.3 is 12.1 Å². The summed E-state index contributed by atoms with van der Waals surface area (Å²) in [7, 11) is 0. The average molecular weight is 446 g/mol. The molecule has 0 aromatic carbocycles. The lowest BCUT2D eigenvalue weighted by molar-refractivity contribution is -0.138. The number of aromatic nitrogens is 3. The van der Waals surface area contributed by atoms with Gasteiger partial charge in [0.1, 0.15) is 17.0 Å². The van der Waals surface area contributed by atoms with Gasteiger partial charge in [-0.05, 0) is 37.8 Å². The Morgan fingerprint density at radius 3 is 2.52 bits per heavy atom. The van der Waals surface area contributed by atoms with Gasteiger partial charge in [0.05, 0.1) is 5.69 Å². The third kappa shape index (κ3) is 5.17. The fraction of sp³-hybridized carbons (Fsp3) is 0.474. The smallest absolute Gasteiger partial charge is 0.420 e. The molecule has 0 bridgehead atoms. The van der Waals surface area contributed by atoms with E-state index in [-0.39, 0.29) is 43.8 Å². The number of halogens is 5. The quantitative estimate of drug-likeness (QED) is 0.665. The molecule has 2 aromatic heterocycles. The van der Waals surface area contributed by atoms with Crippen LogP contribution in [-0.4, -0.2) is 37.7 Å². The number of nitrogens with one attached hydrogen (secondary N) is 1. The van der Waals surface area contributed by atoms with E-state index in [0.29, 0.717) is 0 Å². The maximum atomic E-state index is 13.7. The molecular weight excluding hydrogens is 427 g/mol. The summed E-state index contributed by atoms with van der Waals surface area (Å²) in [5, 5.41) is 15.1. The summed E-state index contributed by atoms with van der Waals surface area (Å²) < 4.78 is 68.7. The minimum absolute atomic E-state index is 0.0618. The first-order chi connectivity index (χ1) is 14.4. The van der Waals surface area contributed by atoms with E-state index in [4.69, 9.17) is 5.11 Å². The Hall–Kier alpha value is -3.05. The molecule has 0 atom stereocenters. The Bertz CT molecular complexity index is 993. The molecule has 2 N–H and O–H groups in total.